The van der Waals surface area contributed by atoms with Gasteiger partial charge in [-0.15, -0.1) is 0 Å². The Balaban J connectivity index is 0.000000442. The molecule has 15 heavy (non-hydrogen) atoms. The van der Waals surface area contributed by atoms with Crippen LogP contribution in [0, 0.1) is 5.92 Å². The maximum atomic E-state index is 3.46. The molecule has 2 saturated heterocycles. The third-order valence-corrected chi connectivity index (χ3v) is 3.06. The molecule has 2 rings (SSSR count). The second-order valence-corrected chi connectivity index (χ2v) is 4.02. The molecule has 2 atom stereocenters. The number of fused-ring (bicyclic) bond motifs is 1. The van der Waals surface area contributed by atoms with Crippen molar-refractivity contribution in [2.24, 2.45) is 5.92 Å². The quantitative estimate of drug-likeness (QED) is 0.667. The first-order valence-corrected chi connectivity index (χ1v) is 6.81. The zero-order valence-electron chi connectivity index (χ0n) is 11.3. The molecule has 2 nitrogen and oxygen atoms in total. The number of rotatable bonds is 0. The summed E-state index contributed by atoms with van der Waals surface area (Å²) < 4.78 is 0. The summed E-state index contributed by atoms with van der Waals surface area (Å²) in [5.74, 6) is 0.955. The van der Waals surface area contributed by atoms with Crippen LogP contribution in [0.2, 0.25) is 0 Å². The molecule has 2 heterocycles. The summed E-state index contributed by atoms with van der Waals surface area (Å²) in [6, 6.07) is 0.854. The molecule has 0 amide bonds. The topological polar surface area (TPSA) is 15.3 Å². The molecule has 0 radical (unpaired) electrons. The van der Waals surface area contributed by atoms with E-state index in [9.17, 15) is 0 Å². The minimum absolute atomic E-state index is 0.854. The van der Waals surface area contributed by atoms with Crippen molar-refractivity contribution in [3.8, 4) is 0 Å². The second kappa shape index (κ2) is 9.17. The van der Waals surface area contributed by atoms with Gasteiger partial charge in [-0.1, -0.05) is 34.6 Å². The molecular weight excluding hydrogens is 184 g/mol. The molecule has 1 N–H and O–H groups in total. The molecule has 92 valence electrons. The summed E-state index contributed by atoms with van der Waals surface area (Å²) in [7, 11) is 0. The Morgan fingerprint density at radius 3 is 2.40 bits per heavy atom. The van der Waals surface area contributed by atoms with E-state index in [1.165, 1.54) is 39.0 Å². The van der Waals surface area contributed by atoms with Gasteiger partial charge in [-0.3, -0.25) is 4.90 Å². The van der Waals surface area contributed by atoms with Crippen molar-refractivity contribution >= 4 is 0 Å². The largest absolute Gasteiger partial charge is 0.314 e. The minimum Gasteiger partial charge on any atom is -0.314 e. The van der Waals surface area contributed by atoms with E-state index in [0.717, 1.165) is 12.0 Å². The van der Waals surface area contributed by atoms with Gasteiger partial charge < -0.3 is 5.32 Å². The highest BCUT2D eigenvalue weighted by Gasteiger charge is 2.27. The van der Waals surface area contributed by atoms with Gasteiger partial charge in [-0.25, -0.2) is 0 Å². The van der Waals surface area contributed by atoms with Crippen molar-refractivity contribution in [2.75, 3.05) is 26.2 Å². The minimum atomic E-state index is 0.854. The molecule has 2 aliphatic heterocycles. The van der Waals surface area contributed by atoms with Crippen LogP contribution in [-0.4, -0.2) is 37.1 Å². The van der Waals surface area contributed by atoms with Crippen LogP contribution in [0.15, 0.2) is 0 Å². The number of hydrogen-bond acceptors (Lipinski definition) is 2. The van der Waals surface area contributed by atoms with Crippen LogP contribution < -0.4 is 5.32 Å². The molecule has 0 saturated carbocycles. The van der Waals surface area contributed by atoms with Crippen LogP contribution in [0.4, 0.5) is 0 Å². The third kappa shape index (κ3) is 4.98. The van der Waals surface area contributed by atoms with E-state index in [1.807, 2.05) is 27.7 Å². The van der Waals surface area contributed by atoms with E-state index in [4.69, 9.17) is 0 Å². The average molecular weight is 214 g/mol. The molecule has 2 fully saturated rings. The van der Waals surface area contributed by atoms with E-state index in [2.05, 4.69) is 17.1 Å². The number of piperazine rings is 1. The number of nitrogens with one attached hydrogen (secondary N) is 1. The molecule has 0 aromatic carbocycles. The maximum Gasteiger partial charge on any atom is 0.0223 e. The Kier molecular flexibility index (Phi) is 9.12. The van der Waals surface area contributed by atoms with Gasteiger partial charge in [0.25, 0.3) is 0 Å². The Morgan fingerprint density at radius 1 is 1.07 bits per heavy atom. The fraction of sp³-hybridized carbons (Fsp3) is 1.00. The zero-order valence-corrected chi connectivity index (χ0v) is 11.3. The fourth-order valence-corrected chi connectivity index (χ4v) is 2.30. The summed E-state index contributed by atoms with van der Waals surface area (Å²) in [5, 5.41) is 3.46. The first-order valence-electron chi connectivity index (χ1n) is 6.81. The summed E-state index contributed by atoms with van der Waals surface area (Å²) in [4.78, 5) is 2.65. The first kappa shape index (κ1) is 14.9. The second-order valence-electron chi connectivity index (χ2n) is 4.02. The highest BCUT2D eigenvalue weighted by Crippen LogP contribution is 2.22. The van der Waals surface area contributed by atoms with Gasteiger partial charge in [-0.05, 0) is 25.3 Å². The molecular formula is C13H30N2. The molecule has 0 spiro atoms. The highest BCUT2D eigenvalue weighted by atomic mass is 15.2. The standard InChI is InChI=1S/C9H18N2.2C2H6/c1-8-2-4-11-5-3-10-7-9(11)6-8;2*1-2/h8-10H,2-7H2,1H3;2*1-2H3. The van der Waals surface area contributed by atoms with Crippen LogP contribution in [0.25, 0.3) is 0 Å². The number of hydrogen-bond donors (Lipinski definition) is 1. The van der Waals surface area contributed by atoms with Crippen molar-refractivity contribution in [2.45, 2.75) is 53.5 Å². The molecule has 2 unspecified atom stereocenters. The summed E-state index contributed by atoms with van der Waals surface area (Å²) in [5.41, 5.74) is 0. The van der Waals surface area contributed by atoms with Crippen LogP contribution in [0.5, 0.6) is 0 Å². The maximum absolute atomic E-state index is 3.46. The normalized spacial score (nSPS) is 30.2. The lowest BCUT2D eigenvalue weighted by molar-refractivity contribution is 0.0946. The molecule has 0 bridgehead atoms. The Bertz CT molecular complexity index is 136. The lowest BCUT2D eigenvalue weighted by atomic mass is 9.91. The Hall–Kier alpha value is -0.0800. The lowest BCUT2D eigenvalue weighted by Gasteiger charge is -2.41. The van der Waals surface area contributed by atoms with Crippen molar-refractivity contribution in [3.63, 3.8) is 0 Å². The molecule has 2 heteroatoms. The monoisotopic (exact) mass is 214 g/mol. The summed E-state index contributed by atoms with van der Waals surface area (Å²) >= 11 is 0. The van der Waals surface area contributed by atoms with Gasteiger partial charge in [0.15, 0.2) is 0 Å². The van der Waals surface area contributed by atoms with Gasteiger partial charge in [0, 0.05) is 25.7 Å². The SMILES string of the molecule is CC.CC.CC1CCN2CCNCC2C1. The van der Waals surface area contributed by atoms with Gasteiger partial charge >= 0.3 is 0 Å². The van der Waals surface area contributed by atoms with Crippen molar-refractivity contribution in [1.29, 1.82) is 0 Å². The first-order chi connectivity index (χ1) is 7.36. The average Bonchev–Trinajstić information content (AvgIpc) is 2.34. The zero-order chi connectivity index (χ0) is 11.7. The van der Waals surface area contributed by atoms with Crippen LogP contribution in [0.1, 0.15) is 47.5 Å². The Morgan fingerprint density at radius 2 is 1.73 bits per heavy atom. The van der Waals surface area contributed by atoms with E-state index in [-0.39, 0.29) is 0 Å². The third-order valence-electron chi connectivity index (χ3n) is 3.06. The lowest BCUT2D eigenvalue weighted by Crippen LogP contribution is -2.54. The van der Waals surface area contributed by atoms with E-state index in [1.54, 1.807) is 0 Å². The van der Waals surface area contributed by atoms with Gasteiger partial charge in [0.1, 0.15) is 0 Å². The van der Waals surface area contributed by atoms with Crippen LogP contribution in [-0.2, 0) is 0 Å². The van der Waals surface area contributed by atoms with Crippen LogP contribution >= 0.6 is 0 Å². The smallest absolute Gasteiger partial charge is 0.0223 e. The number of piperidine rings is 1. The van der Waals surface area contributed by atoms with Gasteiger partial charge in [0.05, 0.1) is 0 Å². The molecule has 0 aromatic heterocycles. The summed E-state index contributed by atoms with van der Waals surface area (Å²) in [6.45, 7) is 15.4. The van der Waals surface area contributed by atoms with Crippen LogP contribution in [0.3, 0.4) is 0 Å². The van der Waals surface area contributed by atoms with Crippen molar-refractivity contribution in [3.05, 3.63) is 0 Å². The predicted molar refractivity (Wildman–Crippen MR) is 69.3 cm³/mol. The van der Waals surface area contributed by atoms with E-state index < -0.39 is 0 Å². The predicted octanol–water partition coefficient (Wildman–Crippen LogP) is 2.74. The molecule has 0 aliphatic carbocycles. The fourth-order valence-electron chi connectivity index (χ4n) is 2.30. The van der Waals surface area contributed by atoms with Crippen molar-refractivity contribution in [1.82, 2.24) is 10.2 Å². The van der Waals surface area contributed by atoms with Gasteiger partial charge in [0.2, 0.25) is 0 Å². The Labute approximate surface area is 96.4 Å². The highest BCUT2D eigenvalue weighted by molar-refractivity contribution is 4.85. The summed E-state index contributed by atoms with van der Waals surface area (Å²) in [6.07, 6.45) is 2.82. The van der Waals surface area contributed by atoms with Crippen molar-refractivity contribution < 1.29 is 0 Å². The van der Waals surface area contributed by atoms with Gasteiger partial charge in [-0.2, -0.15) is 0 Å². The number of nitrogens with zero attached hydrogens (tertiary/aromatic N) is 1. The molecule has 0 aromatic rings. The van der Waals surface area contributed by atoms with E-state index >= 15 is 0 Å². The molecule has 2 aliphatic rings. The van der Waals surface area contributed by atoms with E-state index in [0.29, 0.717) is 0 Å².